The van der Waals surface area contributed by atoms with Gasteiger partial charge in [-0.25, -0.2) is 0 Å². The second-order valence-corrected chi connectivity index (χ2v) is 5.41. The Morgan fingerprint density at radius 2 is 2.38 bits per heavy atom. The van der Waals surface area contributed by atoms with E-state index in [0.717, 1.165) is 25.0 Å². The monoisotopic (exact) mass is 308 g/mol. The topological polar surface area (TPSA) is 59.6 Å². The van der Waals surface area contributed by atoms with Gasteiger partial charge in [0.2, 0.25) is 0 Å². The number of carbonyl (C=O) groups is 1. The number of carbonyl (C=O) groups excluding carboxylic acids is 1. The van der Waals surface area contributed by atoms with Crippen LogP contribution in [0.15, 0.2) is 24.3 Å². The van der Waals surface area contributed by atoms with Gasteiger partial charge in [0, 0.05) is 13.2 Å². The number of hydrogen-bond donors (Lipinski definition) is 2. The summed E-state index contributed by atoms with van der Waals surface area (Å²) >= 11 is 5.06. The van der Waals surface area contributed by atoms with Crippen LogP contribution in [-0.2, 0) is 9.53 Å². The Balaban J connectivity index is 1.65. The molecule has 0 bridgehead atoms. The van der Waals surface area contributed by atoms with Crippen LogP contribution in [0, 0.1) is 6.92 Å². The molecule has 21 heavy (non-hydrogen) atoms. The van der Waals surface area contributed by atoms with Crippen molar-refractivity contribution in [1.82, 2.24) is 10.6 Å². The van der Waals surface area contributed by atoms with Crippen molar-refractivity contribution in [2.75, 3.05) is 19.8 Å². The largest absolute Gasteiger partial charge is 0.484 e. The van der Waals surface area contributed by atoms with Gasteiger partial charge in [-0.3, -0.25) is 4.79 Å². The Kier molecular flexibility index (Phi) is 5.95. The molecule has 6 heteroatoms. The number of benzene rings is 1. The van der Waals surface area contributed by atoms with Crippen molar-refractivity contribution in [3.63, 3.8) is 0 Å². The van der Waals surface area contributed by atoms with Gasteiger partial charge in [0.1, 0.15) is 5.75 Å². The van der Waals surface area contributed by atoms with Gasteiger partial charge in [0.25, 0.3) is 5.91 Å². The lowest BCUT2D eigenvalue weighted by molar-refractivity contribution is -0.121. The first-order valence-corrected chi connectivity index (χ1v) is 7.43. The summed E-state index contributed by atoms with van der Waals surface area (Å²) in [7, 11) is 0. The van der Waals surface area contributed by atoms with Crippen LogP contribution in [-0.4, -0.2) is 36.9 Å². The maximum Gasteiger partial charge on any atom is 0.264 e. The molecule has 1 saturated heterocycles. The maximum atomic E-state index is 11.7. The first kappa shape index (κ1) is 15.7. The highest BCUT2D eigenvalue weighted by molar-refractivity contribution is 7.80. The van der Waals surface area contributed by atoms with Crippen molar-refractivity contribution in [1.29, 1.82) is 0 Å². The van der Waals surface area contributed by atoms with E-state index in [4.69, 9.17) is 21.7 Å². The van der Waals surface area contributed by atoms with Gasteiger partial charge in [-0.2, -0.15) is 0 Å². The molecular formula is C15H20N2O3S. The smallest absolute Gasteiger partial charge is 0.264 e. The molecule has 2 N–H and O–H groups in total. The number of aryl methyl sites for hydroxylation is 1. The fraction of sp³-hybridized carbons (Fsp3) is 0.467. The maximum absolute atomic E-state index is 11.7. The predicted molar refractivity (Wildman–Crippen MR) is 84.4 cm³/mol. The van der Waals surface area contributed by atoms with Crippen LogP contribution in [0.3, 0.4) is 0 Å². The van der Waals surface area contributed by atoms with E-state index < -0.39 is 0 Å². The van der Waals surface area contributed by atoms with Crippen LogP contribution < -0.4 is 15.4 Å². The summed E-state index contributed by atoms with van der Waals surface area (Å²) in [5, 5.41) is 5.88. The number of rotatable bonds is 5. The molecule has 1 aliphatic rings. The minimum Gasteiger partial charge on any atom is -0.484 e. The molecule has 114 valence electrons. The third kappa shape index (κ3) is 5.69. The Bertz CT molecular complexity index is 501. The quantitative estimate of drug-likeness (QED) is 0.808. The lowest BCUT2D eigenvalue weighted by atomic mass is 10.2. The minimum absolute atomic E-state index is 0.0643. The van der Waals surface area contributed by atoms with Crippen LogP contribution in [0.2, 0.25) is 0 Å². The van der Waals surface area contributed by atoms with E-state index in [-0.39, 0.29) is 18.6 Å². The van der Waals surface area contributed by atoms with Crippen LogP contribution in [0.1, 0.15) is 18.4 Å². The Hall–Kier alpha value is -1.66. The molecule has 1 atom stereocenters. The van der Waals surface area contributed by atoms with Crippen LogP contribution in [0.4, 0.5) is 0 Å². The zero-order valence-corrected chi connectivity index (χ0v) is 12.9. The van der Waals surface area contributed by atoms with Gasteiger partial charge in [-0.15, -0.1) is 0 Å². The average Bonchev–Trinajstić information content (AvgIpc) is 2.96. The molecule has 0 aromatic heterocycles. The molecule has 1 heterocycles. The number of ether oxygens (including phenoxy) is 2. The third-order valence-corrected chi connectivity index (χ3v) is 3.37. The molecule has 0 aliphatic carbocycles. The fourth-order valence-corrected chi connectivity index (χ4v) is 2.27. The summed E-state index contributed by atoms with van der Waals surface area (Å²) in [5.41, 5.74) is 1.08. The summed E-state index contributed by atoms with van der Waals surface area (Å²) in [4.78, 5) is 11.7. The molecule has 1 amide bonds. The summed E-state index contributed by atoms with van der Waals surface area (Å²) in [6, 6.07) is 7.54. The number of hydrogen-bond acceptors (Lipinski definition) is 4. The third-order valence-electron chi connectivity index (χ3n) is 3.13. The summed E-state index contributed by atoms with van der Waals surface area (Å²) in [6.07, 6.45) is 2.29. The van der Waals surface area contributed by atoms with Crippen molar-refractivity contribution in [3.8, 4) is 5.75 Å². The second-order valence-electron chi connectivity index (χ2n) is 5.00. The van der Waals surface area contributed by atoms with Crippen LogP contribution >= 0.6 is 12.2 Å². The molecule has 0 spiro atoms. The molecule has 1 aliphatic heterocycles. The van der Waals surface area contributed by atoms with Crippen LogP contribution in [0.5, 0.6) is 5.75 Å². The average molecular weight is 308 g/mol. The van der Waals surface area contributed by atoms with Gasteiger partial charge in [-0.1, -0.05) is 12.1 Å². The highest BCUT2D eigenvalue weighted by atomic mass is 32.1. The summed E-state index contributed by atoms with van der Waals surface area (Å²) in [5.74, 6) is 0.393. The molecular weight excluding hydrogens is 288 g/mol. The molecule has 0 saturated carbocycles. The van der Waals surface area contributed by atoms with Crippen molar-refractivity contribution in [2.45, 2.75) is 25.9 Å². The number of nitrogens with one attached hydrogen (secondary N) is 2. The van der Waals surface area contributed by atoms with Crippen molar-refractivity contribution >= 4 is 23.2 Å². The lowest BCUT2D eigenvalue weighted by Crippen LogP contribution is -2.43. The molecule has 1 unspecified atom stereocenters. The van der Waals surface area contributed by atoms with Crippen molar-refractivity contribution < 1.29 is 14.3 Å². The van der Waals surface area contributed by atoms with Gasteiger partial charge in [0.15, 0.2) is 11.7 Å². The summed E-state index contributed by atoms with van der Waals surface area (Å²) in [6.45, 7) is 3.33. The highest BCUT2D eigenvalue weighted by Gasteiger charge is 2.15. The van der Waals surface area contributed by atoms with E-state index in [1.54, 1.807) is 0 Å². The molecule has 1 aromatic carbocycles. The lowest BCUT2D eigenvalue weighted by Gasteiger charge is -2.13. The SMILES string of the molecule is Cc1cccc(OCC(=O)NC(=S)NCC2CCCO2)c1. The Labute approximate surface area is 130 Å². The molecule has 0 radical (unpaired) electrons. The zero-order chi connectivity index (χ0) is 15.1. The number of thiocarbonyl (C=S) groups is 1. The first-order valence-electron chi connectivity index (χ1n) is 7.02. The summed E-state index contributed by atoms with van der Waals surface area (Å²) < 4.78 is 10.9. The van der Waals surface area contributed by atoms with Gasteiger partial charge in [-0.05, 0) is 49.7 Å². The standard InChI is InChI=1S/C15H20N2O3S/c1-11-4-2-5-12(8-11)20-10-14(18)17-15(21)16-9-13-6-3-7-19-13/h2,4-5,8,13H,3,6-7,9-10H2,1H3,(H2,16,17,18,21). The Morgan fingerprint density at radius 3 is 3.10 bits per heavy atom. The molecule has 2 rings (SSSR count). The van der Waals surface area contributed by atoms with Gasteiger partial charge < -0.3 is 20.1 Å². The predicted octanol–water partition coefficient (Wildman–Crippen LogP) is 1.54. The van der Waals surface area contributed by atoms with E-state index in [0.29, 0.717) is 17.4 Å². The van der Waals surface area contributed by atoms with E-state index >= 15 is 0 Å². The second kappa shape index (κ2) is 7.95. The fourth-order valence-electron chi connectivity index (χ4n) is 2.07. The van der Waals surface area contributed by atoms with E-state index in [1.165, 1.54) is 0 Å². The molecule has 1 aromatic rings. The highest BCUT2D eigenvalue weighted by Crippen LogP contribution is 2.12. The molecule has 5 nitrogen and oxygen atoms in total. The minimum atomic E-state index is -0.277. The van der Waals surface area contributed by atoms with Crippen LogP contribution in [0.25, 0.3) is 0 Å². The Morgan fingerprint density at radius 1 is 1.52 bits per heavy atom. The van der Waals surface area contributed by atoms with E-state index in [1.807, 2.05) is 31.2 Å². The zero-order valence-electron chi connectivity index (χ0n) is 12.1. The van der Waals surface area contributed by atoms with Crippen molar-refractivity contribution in [2.24, 2.45) is 0 Å². The van der Waals surface area contributed by atoms with E-state index in [9.17, 15) is 4.79 Å². The number of amides is 1. The molecule has 1 fully saturated rings. The van der Waals surface area contributed by atoms with Crippen molar-refractivity contribution in [3.05, 3.63) is 29.8 Å². The van der Waals surface area contributed by atoms with Gasteiger partial charge >= 0.3 is 0 Å². The first-order chi connectivity index (χ1) is 10.1. The normalized spacial score (nSPS) is 17.3. The van der Waals surface area contributed by atoms with E-state index in [2.05, 4.69) is 10.6 Å². The van der Waals surface area contributed by atoms with Gasteiger partial charge in [0.05, 0.1) is 6.10 Å².